The maximum absolute atomic E-state index is 13.5. The zero-order chi connectivity index (χ0) is 25.3. The van der Waals surface area contributed by atoms with E-state index in [0.717, 1.165) is 16.7 Å². The molecule has 0 aromatic heterocycles. The van der Waals surface area contributed by atoms with E-state index in [-0.39, 0.29) is 17.6 Å². The molecule has 0 spiro atoms. The average Bonchev–Trinajstić information content (AvgIpc) is 3.15. The van der Waals surface area contributed by atoms with E-state index in [1.807, 2.05) is 38.1 Å². The number of hydrogen-bond acceptors (Lipinski definition) is 4. The molecular weight excluding hydrogens is 438 g/mol. The molecule has 6 nitrogen and oxygen atoms in total. The second kappa shape index (κ2) is 9.92. The number of nitrogens with zero attached hydrogens (tertiary/aromatic N) is 1. The van der Waals surface area contributed by atoms with Crippen LogP contribution in [0, 0.1) is 13.8 Å². The molecule has 35 heavy (non-hydrogen) atoms. The zero-order valence-corrected chi connectivity index (χ0v) is 20.5. The summed E-state index contributed by atoms with van der Waals surface area (Å²) in [6.45, 7) is 5.79. The Morgan fingerprint density at radius 2 is 1.49 bits per heavy atom. The van der Waals surface area contributed by atoms with Crippen molar-refractivity contribution in [1.82, 2.24) is 4.90 Å². The first-order valence-corrected chi connectivity index (χ1v) is 12.0. The highest BCUT2D eigenvalue weighted by atomic mass is 16.3. The number of rotatable bonds is 8. The number of phenols is 1. The number of aromatic hydroxyl groups is 1. The Bertz CT molecular complexity index is 1200. The fourth-order valence-corrected chi connectivity index (χ4v) is 5.30. The smallest absolute Gasteiger partial charge is 0.240 e. The van der Waals surface area contributed by atoms with Gasteiger partial charge in [0, 0.05) is 12.5 Å². The number of carbonyl (C=O) groups excluding carboxylic acids is 2. The van der Waals surface area contributed by atoms with E-state index in [2.05, 4.69) is 24.3 Å². The van der Waals surface area contributed by atoms with Crippen molar-refractivity contribution in [1.29, 1.82) is 0 Å². The predicted molar refractivity (Wildman–Crippen MR) is 138 cm³/mol. The lowest BCUT2D eigenvalue weighted by molar-refractivity contribution is -0.139. The molecule has 0 saturated heterocycles. The third-order valence-corrected chi connectivity index (χ3v) is 7.21. The van der Waals surface area contributed by atoms with Crippen molar-refractivity contribution in [3.63, 3.8) is 0 Å². The molecule has 5 N–H and O–H groups in total. The number of nitrogens with two attached hydrogens (primary N) is 2. The van der Waals surface area contributed by atoms with Gasteiger partial charge in [-0.25, -0.2) is 0 Å². The molecule has 3 aromatic rings. The summed E-state index contributed by atoms with van der Waals surface area (Å²) >= 11 is 0. The lowest BCUT2D eigenvalue weighted by Crippen LogP contribution is -2.53. The topological polar surface area (TPSA) is 110 Å². The molecule has 1 aliphatic carbocycles. The van der Waals surface area contributed by atoms with Crippen molar-refractivity contribution in [2.24, 2.45) is 11.5 Å². The van der Waals surface area contributed by atoms with E-state index >= 15 is 0 Å². The van der Waals surface area contributed by atoms with Gasteiger partial charge in [-0.05, 0) is 84.7 Å². The van der Waals surface area contributed by atoms with Crippen LogP contribution in [0.15, 0.2) is 60.7 Å². The van der Waals surface area contributed by atoms with Gasteiger partial charge in [0.25, 0.3) is 0 Å². The van der Waals surface area contributed by atoms with Crippen molar-refractivity contribution in [2.75, 3.05) is 6.54 Å². The van der Waals surface area contributed by atoms with Gasteiger partial charge in [-0.15, -0.1) is 0 Å². The minimum Gasteiger partial charge on any atom is -0.508 e. The van der Waals surface area contributed by atoms with E-state index in [0.29, 0.717) is 19.4 Å². The molecule has 1 aliphatic rings. The highest BCUT2D eigenvalue weighted by molar-refractivity contribution is 5.89. The van der Waals surface area contributed by atoms with Gasteiger partial charge in [0.1, 0.15) is 11.8 Å². The second-order valence-corrected chi connectivity index (χ2v) is 9.49. The van der Waals surface area contributed by atoms with Gasteiger partial charge >= 0.3 is 0 Å². The Labute approximate surface area is 206 Å². The number of amides is 2. The van der Waals surface area contributed by atoms with Crippen LogP contribution in [0.3, 0.4) is 0 Å². The highest BCUT2D eigenvalue weighted by Crippen LogP contribution is 2.46. The van der Waals surface area contributed by atoms with Crippen molar-refractivity contribution < 1.29 is 14.7 Å². The Kier molecular flexibility index (Phi) is 6.94. The van der Waals surface area contributed by atoms with Crippen molar-refractivity contribution in [2.45, 2.75) is 51.6 Å². The van der Waals surface area contributed by atoms with Gasteiger partial charge in [0.05, 0.1) is 6.04 Å². The number of fused-ring (bicyclic) bond motifs is 3. The summed E-state index contributed by atoms with van der Waals surface area (Å²) in [6.07, 6.45) is 0.967. The van der Waals surface area contributed by atoms with E-state index in [1.165, 1.54) is 27.2 Å². The summed E-state index contributed by atoms with van der Waals surface area (Å²) in [5.74, 6) is -0.558. The van der Waals surface area contributed by atoms with Crippen LogP contribution in [-0.4, -0.2) is 40.4 Å². The van der Waals surface area contributed by atoms with Gasteiger partial charge in [-0.1, -0.05) is 48.5 Å². The van der Waals surface area contributed by atoms with Crippen molar-refractivity contribution in [3.05, 3.63) is 88.5 Å². The maximum atomic E-state index is 13.5. The van der Waals surface area contributed by atoms with E-state index in [1.54, 1.807) is 19.1 Å². The molecule has 4 rings (SSSR count). The van der Waals surface area contributed by atoms with Gasteiger partial charge in [-0.3, -0.25) is 9.59 Å². The molecule has 0 heterocycles. The molecule has 0 unspecified atom stereocenters. The van der Waals surface area contributed by atoms with Crippen LogP contribution in [0.1, 0.15) is 47.1 Å². The second-order valence-electron chi connectivity index (χ2n) is 9.49. The molecule has 0 saturated carbocycles. The molecule has 182 valence electrons. The Morgan fingerprint density at radius 3 is 2.00 bits per heavy atom. The van der Waals surface area contributed by atoms with Crippen LogP contribution >= 0.6 is 0 Å². The zero-order valence-electron chi connectivity index (χ0n) is 20.5. The lowest BCUT2D eigenvalue weighted by Gasteiger charge is -2.31. The summed E-state index contributed by atoms with van der Waals surface area (Å²) in [5.41, 5.74) is 19.6. The molecular formula is C29H33N3O3. The van der Waals surface area contributed by atoms with Crippen LogP contribution in [0.25, 0.3) is 11.1 Å². The van der Waals surface area contributed by atoms with Crippen LogP contribution in [0.2, 0.25) is 0 Å². The lowest BCUT2D eigenvalue weighted by atomic mass is 9.92. The number of carbonyl (C=O) groups is 2. The third kappa shape index (κ3) is 4.80. The first kappa shape index (κ1) is 24.5. The van der Waals surface area contributed by atoms with Gasteiger partial charge in [-0.2, -0.15) is 0 Å². The standard InChI is InChI=1S/C29H33N3O3/c1-17-14-20(33)15-18(2)26(17)16-27(30)29(35)32(19(3)28(31)34)13-12-25-23-10-6-4-8-21(23)22-9-5-7-11-24(22)25/h4-11,14-15,19,25,27,33H,12-13,16,30H2,1-3H3,(H2,31,34)/t19-,27-/m1/s1. The molecule has 0 bridgehead atoms. The SMILES string of the molecule is Cc1cc(O)cc(C)c1C[C@@H](N)C(=O)N(CCC1c2ccccc2-c2ccccc21)[C@H](C)C(N)=O. The molecule has 0 radical (unpaired) electrons. The third-order valence-electron chi connectivity index (χ3n) is 7.21. The maximum Gasteiger partial charge on any atom is 0.240 e. The monoisotopic (exact) mass is 471 g/mol. The largest absolute Gasteiger partial charge is 0.508 e. The number of benzene rings is 3. The predicted octanol–water partition coefficient (Wildman–Crippen LogP) is 3.78. The van der Waals surface area contributed by atoms with Crippen LogP contribution in [0.4, 0.5) is 0 Å². The van der Waals surface area contributed by atoms with Crippen LogP contribution in [-0.2, 0) is 16.0 Å². The molecule has 0 fully saturated rings. The fraction of sp³-hybridized carbons (Fsp3) is 0.310. The normalized spacial score (nSPS) is 14.2. The quantitative estimate of drug-likeness (QED) is 0.464. The number of aryl methyl sites for hydroxylation is 2. The molecule has 0 aliphatic heterocycles. The molecule has 2 amide bonds. The first-order valence-electron chi connectivity index (χ1n) is 12.0. The molecule has 2 atom stereocenters. The Morgan fingerprint density at radius 1 is 0.971 bits per heavy atom. The highest BCUT2D eigenvalue weighted by Gasteiger charge is 2.32. The minimum atomic E-state index is -0.832. The summed E-state index contributed by atoms with van der Waals surface area (Å²) in [4.78, 5) is 27.2. The fourth-order valence-electron chi connectivity index (χ4n) is 5.30. The molecule has 6 heteroatoms. The van der Waals surface area contributed by atoms with E-state index in [9.17, 15) is 14.7 Å². The number of phenolic OH excluding ortho intramolecular Hbond substituents is 1. The first-order chi connectivity index (χ1) is 16.7. The van der Waals surface area contributed by atoms with Gasteiger partial charge < -0.3 is 21.5 Å². The van der Waals surface area contributed by atoms with Gasteiger partial charge in [0.2, 0.25) is 11.8 Å². The van der Waals surface area contributed by atoms with Gasteiger partial charge in [0.15, 0.2) is 0 Å². The molecule has 3 aromatic carbocycles. The minimum absolute atomic E-state index is 0.121. The van der Waals surface area contributed by atoms with Crippen LogP contribution < -0.4 is 11.5 Å². The van der Waals surface area contributed by atoms with Crippen LogP contribution in [0.5, 0.6) is 5.75 Å². The van der Waals surface area contributed by atoms with Crippen molar-refractivity contribution in [3.8, 4) is 16.9 Å². The van der Waals surface area contributed by atoms with E-state index < -0.39 is 18.0 Å². The summed E-state index contributed by atoms with van der Waals surface area (Å²) in [5, 5.41) is 9.84. The Hall–Kier alpha value is -3.64. The summed E-state index contributed by atoms with van der Waals surface area (Å²) in [6, 6.07) is 18.4. The summed E-state index contributed by atoms with van der Waals surface area (Å²) < 4.78 is 0. The average molecular weight is 472 g/mol. The Balaban J connectivity index is 1.57. The summed E-state index contributed by atoms with van der Waals surface area (Å²) in [7, 11) is 0. The van der Waals surface area contributed by atoms with Crippen molar-refractivity contribution >= 4 is 11.8 Å². The number of hydrogen-bond donors (Lipinski definition) is 3. The number of primary amides is 1. The van der Waals surface area contributed by atoms with E-state index in [4.69, 9.17) is 11.5 Å².